The zero-order chi connectivity index (χ0) is 14.9. The molecule has 1 unspecified atom stereocenters. The van der Waals surface area contributed by atoms with Gasteiger partial charge in [-0.1, -0.05) is 0 Å². The van der Waals surface area contributed by atoms with Crippen molar-refractivity contribution in [2.45, 2.75) is 55.6 Å². The normalized spacial score (nSPS) is 37.8. The van der Waals surface area contributed by atoms with Crippen LogP contribution in [-0.2, 0) is 0 Å². The number of aliphatic hydroxyl groups excluding tert-OH is 6. The highest BCUT2D eigenvalue weighted by atomic mass is 16.4. The molecule has 2 saturated heterocycles. The smallest absolute Gasteiger partial charge is 0.136 e. The van der Waals surface area contributed by atoms with Gasteiger partial charge < -0.3 is 36.0 Å². The minimum atomic E-state index is -1.62. The van der Waals surface area contributed by atoms with Gasteiger partial charge in [-0.25, -0.2) is 0 Å². The second kappa shape index (κ2) is 6.63. The lowest BCUT2D eigenvalue weighted by atomic mass is 9.96. The van der Waals surface area contributed by atoms with Crippen LogP contribution in [0.25, 0.3) is 0 Å². The monoisotopic (exact) mass is 292 g/mol. The van der Waals surface area contributed by atoms with Gasteiger partial charge in [-0.15, -0.1) is 0 Å². The van der Waals surface area contributed by atoms with Crippen molar-refractivity contribution in [1.29, 1.82) is 0 Å². The van der Waals surface area contributed by atoms with E-state index >= 15 is 0 Å². The van der Waals surface area contributed by atoms with Crippen molar-refractivity contribution in [1.82, 2.24) is 10.2 Å². The summed E-state index contributed by atoms with van der Waals surface area (Å²) in [5.41, 5.74) is 0. The summed E-state index contributed by atoms with van der Waals surface area (Å²) < 4.78 is 0. The van der Waals surface area contributed by atoms with Crippen LogP contribution < -0.4 is 5.32 Å². The van der Waals surface area contributed by atoms with E-state index in [9.17, 15) is 30.6 Å². The molecular formula is C12H24N2O6. The van der Waals surface area contributed by atoms with Crippen molar-refractivity contribution in [2.75, 3.05) is 19.6 Å². The van der Waals surface area contributed by atoms with E-state index in [-0.39, 0.29) is 6.54 Å². The largest absolute Gasteiger partial charge is 0.389 e. The van der Waals surface area contributed by atoms with Gasteiger partial charge in [-0.3, -0.25) is 4.90 Å². The van der Waals surface area contributed by atoms with Crippen LogP contribution in [-0.4, -0.2) is 98.0 Å². The Morgan fingerprint density at radius 2 is 1.55 bits per heavy atom. The van der Waals surface area contributed by atoms with Gasteiger partial charge in [0.1, 0.15) is 24.5 Å². The Hall–Kier alpha value is -0.320. The molecule has 2 aliphatic rings. The molecule has 2 aliphatic heterocycles. The van der Waals surface area contributed by atoms with Crippen LogP contribution in [0.3, 0.4) is 0 Å². The fourth-order valence-corrected chi connectivity index (χ4v) is 2.87. The van der Waals surface area contributed by atoms with Crippen LogP contribution >= 0.6 is 0 Å². The van der Waals surface area contributed by atoms with Crippen LogP contribution in [0, 0.1) is 0 Å². The molecule has 20 heavy (non-hydrogen) atoms. The lowest BCUT2D eigenvalue weighted by molar-refractivity contribution is -0.155. The number of nitrogens with zero attached hydrogens (tertiary/aromatic N) is 1. The molecule has 2 fully saturated rings. The molecule has 0 radical (unpaired) electrons. The molecule has 7 atom stereocenters. The third kappa shape index (κ3) is 3.12. The summed E-state index contributed by atoms with van der Waals surface area (Å²) in [5.74, 6) is 0. The topological polar surface area (TPSA) is 137 Å². The average Bonchev–Trinajstić information content (AvgIpc) is 3.07. The Balaban J connectivity index is 1.93. The zero-order valence-electron chi connectivity index (χ0n) is 11.2. The molecular weight excluding hydrogens is 268 g/mol. The van der Waals surface area contributed by atoms with E-state index < -0.39 is 42.8 Å². The van der Waals surface area contributed by atoms with E-state index in [0.717, 1.165) is 12.8 Å². The molecule has 8 nitrogen and oxygen atoms in total. The summed E-state index contributed by atoms with van der Waals surface area (Å²) in [5, 5.41) is 61.6. The maximum Gasteiger partial charge on any atom is 0.136 e. The van der Waals surface area contributed by atoms with Gasteiger partial charge >= 0.3 is 0 Å². The highest BCUT2D eigenvalue weighted by Crippen LogP contribution is 2.19. The van der Waals surface area contributed by atoms with Crippen LogP contribution in [0.2, 0.25) is 0 Å². The predicted molar refractivity (Wildman–Crippen MR) is 68.6 cm³/mol. The molecule has 0 saturated carbocycles. The molecule has 0 aromatic carbocycles. The number of β-amino-alcohol motifs (C(OH)–C–C–N with tert-alkyl or cyclic N) is 1. The Morgan fingerprint density at radius 1 is 0.950 bits per heavy atom. The number of rotatable bonds is 5. The average molecular weight is 292 g/mol. The molecule has 0 aromatic heterocycles. The highest BCUT2D eigenvalue weighted by molar-refractivity contribution is 4.99. The molecule has 8 heteroatoms. The Kier molecular flexibility index (Phi) is 5.32. The fraction of sp³-hybridized carbons (Fsp3) is 1.00. The molecule has 0 aromatic rings. The fourth-order valence-electron chi connectivity index (χ4n) is 2.87. The van der Waals surface area contributed by atoms with Gasteiger partial charge in [0.05, 0.1) is 18.2 Å². The van der Waals surface area contributed by atoms with E-state index in [1.54, 1.807) is 4.90 Å². The first kappa shape index (κ1) is 16.1. The van der Waals surface area contributed by atoms with Gasteiger partial charge in [-0.2, -0.15) is 0 Å². The second-order valence-corrected chi connectivity index (χ2v) is 5.62. The van der Waals surface area contributed by atoms with Gasteiger partial charge in [0.25, 0.3) is 0 Å². The standard InChI is InChI=1S/C12H24N2O6/c15-6-5-13-7(8(6)16)9(17)10(18)11(19)12(20)14-3-1-2-4-14/h6-13,15-20H,1-5H2/t6-,7+,8-,9?,10+,11-,12+/m0/s1. The first-order valence-corrected chi connectivity index (χ1v) is 6.99. The number of hydrogen-bond acceptors (Lipinski definition) is 8. The van der Waals surface area contributed by atoms with Crippen molar-refractivity contribution >= 4 is 0 Å². The summed E-state index contributed by atoms with van der Waals surface area (Å²) in [6, 6.07) is -0.944. The van der Waals surface area contributed by atoms with Crippen LogP contribution in [0.1, 0.15) is 12.8 Å². The van der Waals surface area contributed by atoms with E-state index in [1.165, 1.54) is 0 Å². The van der Waals surface area contributed by atoms with Crippen LogP contribution in [0.15, 0.2) is 0 Å². The van der Waals surface area contributed by atoms with Crippen LogP contribution in [0.4, 0.5) is 0 Å². The maximum atomic E-state index is 9.99. The van der Waals surface area contributed by atoms with Gasteiger partial charge in [0.15, 0.2) is 0 Å². The third-order valence-corrected chi connectivity index (χ3v) is 4.21. The van der Waals surface area contributed by atoms with Gasteiger partial charge in [-0.05, 0) is 12.8 Å². The van der Waals surface area contributed by atoms with Crippen molar-refractivity contribution in [3.8, 4) is 0 Å². The maximum absolute atomic E-state index is 9.99. The molecule has 0 amide bonds. The summed E-state index contributed by atoms with van der Waals surface area (Å²) in [6.45, 7) is 1.36. The number of aliphatic hydroxyl groups is 6. The summed E-state index contributed by atoms with van der Waals surface area (Å²) in [7, 11) is 0. The van der Waals surface area contributed by atoms with E-state index in [4.69, 9.17) is 0 Å². The summed E-state index contributed by atoms with van der Waals surface area (Å²) in [6.07, 6.45) is -6.34. The molecule has 0 bridgehead atoms. The lowest BCUT2D eigenvalue weighted by Gasteiger charge is -2.34. The minimum absolute atomic E-state index is 0.0976. The van der Waals surface area contributed by atoms with E-state index in [2.05, 4.69) is 5.32 Å². The van der Waals surface area contributed by atoms with Gasteiger partial charge in [0.2, 0.25) is 0 Å². The van der Waals surface area contributed by atoms with Crippen molar-refractivity contribution in [3.05, 3.63) is 0 Å². The number of hydrogen-bond donors (Lipinski definition) is 7. The SMILES string of the molecule is OC([C@@H](O)[C@H](O)[C@@H](O)N1CCCC1)[C@@H]1NC[C@H](O)[C@@H]1O. The quantitative estimate of drug-likeness (QED) is 0.274. The predicted octanol–water partition coefficient (Wildman–Crippen LogP) is -3.82. The molecule has 118 valence electrons. The molecule has 7 N–H and O–H groups in total. The summed E-state index contributed by atoms with van der Waals surface area (Å²) >= 11 is 0. The van der Waals surface area contributed by atoms with E-state index in [1.807, 2.05) is 0 Å². The van der Waals surface area contributed by atoms with Crippen molar-refractivity contribution < 1.29 is 30.6 Å². The summed E-state index contributed by atoms with van der Waals surface area (Å²) in [4.78, 5) is 1.63. The lowest BCUT2D eigenvalue weighted by Crippen LogP contribution is -2.57. The Morgan fingerprint density at radius 3 is 2.05 bits per heavy atom. The van der Waals surface area contributed by atoms with Crippen LogP contribution in [0.5, 0.6) is 0 Å². The second-order valence-electron chi connectivity index (χ2n) is 5.62. The number of likely N-dealkylation sites (tertiary alicyclic amines) is 1. The Bertz CT molecular complexity index is 314. The van der Waals surface area contributed by atoms with E-state index in [0.29, 0.717) is 13.1 Å². The highest BCUT2D eigenvalue weighted by Gasteiger charge is 2.44. The van der Waals surface area contributed by atoms with Crippen molar-refractivity contribution in [3.63, 3.8) is 0 Å². The third-order valence-electron chi connectivity index (χ3n) is 4.21. The number of nitrogens with one attached hydrogen (secondary N) is 1. The molecule has 2 rings (SSSR count). The Labute approximate surface area is 117 Å². The van der Waals surface area contributed by atoms with Gasteiger partial charge in [0, 0.05) is 19.6 Å². The molecule has 2 heterocycles. The first-order valence-electron chi connectivity index (χ1n) is 6.99. The first-order chi connectivity index (χ1) is 9.43. The van der Waals surface area contributed by atoms with Crippen molar-refractivity contribution in [2.24, 2.45) is 0 Å². The molecule has 0 aliphatic carbocycles. The molecule has 0 spiro atoms. The minimum Gasteiger partial charge on any atom is -0.389 e. The zero-order valence-corrected chi connectivity index (χ0v) is 11.2.